The zero-order valence-corrected chi connectivity index (χ0v) is 16.7. The van der Waals surface area contributed by atoms with Gasteiger partial charge in [-0.2, -0.15) is 0 Å². The van der Waals surface area contributed by atoms with E-state index >= 15 is 0 Å². The molecule has 2 aromatic carbocycles. The molecule has 1 heterocycles. The molecular weight excluding hydrogens is 410 g/mol. The molecule has 0 radical (unpaired) electrons. The average molecular weight is 430 g/mol. The lowest BCUT2D eigenvalue weighted by Gasteiger charge is -2.18. The van der Waals surface area contributed by atoms with Gasteiger partial charge in [-0.15, -0.1) is 0 Å². The Morgan fingerprint density at radius 2 is 1.93 bits per heavy atom. The van der Waals surface area contributed by atoms with Gasteiger partial charge in [0, 0.05) is 35.7 Å². The molecule has 0 bridgehead atoms. The number of aryl methyl sites for hydroxylation is 1. The molecule has 2 aromatic rings. The molecule has 1 atom stereocenters. The molecule has 1 unspecified atom stereocenters. The number of hydrogen-bond acceptors (Lipinski definition) is 3. The van der Waals surface area contributed by atoms with E-state index in [0.29, 0.717) is 17.8 Å². The first kappa shape index (κ1) is 19.1. The minimum Gasteiger partial charge on any atom is -0.355 e. The Morgan fingerprint density at radius 1 is 1.19 bits per heavy atom. The highest BCUT2D eigenvalue weighted by Crippen LogP contribution is 2.31. The minimum absolute atomic E-state index is 0.0752. The summed E-state index contributed by atoms with van der Waals surface area (Å²) in [6.45, 7) is 2.16. The van der Waals surface area contributed by atoms with Crippen LogP contribution in [0.2, 0.25) is 0 Å². The van der Waals surface area contributed by atoms with Gasteiger partial charge in [-0.1, -0.05) is 12.1 Å². The van der Waals surface area contributed by atoms with Crippen LogP contribution in [0.25, 0.3) is 0 Å². The summed E-state index contributed by atoms with van der Waals surface area (Å²) in [6.07, 6.45) is 0.169. The summed E-state index contributed by atoms with van der Waals surface area (Å²) in [5, 5.41) is 5.45. The molecule has 6 nitrogen and oxygen atoms in total. The molecule has 3 amide bonds. The van der Waals surface area contributed by atoms with Gasteiger partial charge in [-0.3, -0.25) is 14.4 Å². The van der Waals surface area contributed by atoms with Crippen molar-refractivity contribution in [1.29, 1.82) is 0 Å². The third kappa shape index (κ3) is 4.03. The maximum Gasteiger partial charge on any atom is 0.251 e. The van der Waals surface area contributed by atoms with E-state index < -0.39 is 5.92 Å². The fraction of sp³-hybridized carbons (Fsp3) is 0.250. The molecule has 0 saturated carbocycles. The number of carbonyl (C=O) groups excluding carboxylic acids is 3. The maximum absolute atomic E-state index is 12.7. The molecule has 0 aliphatic carbocycles. The Hall–Kier alpha value is -2.67. The van der Waals surface area contributed by atoms with Crippen LogP contribution < -0.4 is 15.5 Å². The van der Waals surface area contributed by atoms with E-state index in [9.17, 15) is 14.4 Å². The summed E-state index contributed by atoms with van der Waals surface area (Å²) in [5.41, 5.74) is 2.73. The van der Waals surface area contributed by atoms with Crippen LogP contribution >= 0.6 is 15.9 Å². The van der Waals surface area contributed by atoms with Crippen LogP contribution in [0.5, 0.6) is 0 Å². The predicted octanol–water partition coefficient (Wildman–Crippen LogP) is 3.11. The lowest BCUT2D eigenvalue weighted by molar-refractivity contribution is -0.122. The molecular formula is C20H20BrN3O3. The van der Waals surface area contributed by atoms with E-state index in [1.165, 1.54) is 0 Å². The highest BCUT2D eigenvalue weighted by atomic mass is 79.9. The molecule has 1 aliphatic heterocycles. The topological polar surface area (TPSA) is 78.5 Å². The number of nitrogens with zero attached hydrogens (tertiary/aromatic N) is 1. The SMILES string of the molecule is CNC(=O)c1ccc(NC(=O)C2CC(=O)N(c3ccccc3Br)C2)c(C)c1. The standard InChI is InChI=1S/C20H20BrN3O3/c1-12-9-13(19(26)22-2)7-8-16(12)23-20(27)14-10-18(25)24(11-14)17-6-4-3-5-15(17)21/h3-9,14H,10-11H2,1-2H3,(H,22,26)(H,23,27). The van der Waals surface area contributed by atoms with Gasteiger partial charge in [0.05, 0.1) is 11.6 Å². The van der Waals surface area contributed by atoms with Crippen molar-refractivity contribution in [2.75, 3.05) is 23.8 Å². The normalized spacial score (nSPS) is 16.3. The van der Waals surface area contributed by atoms with E-state index in [-0.39, 0.29) is 24.1 Å². The Morgan fingerprint density at radius 3 is 2.59 bits per heavy atom. The molecule has 3 rings (SSSR count). The van der Waals surface area contributed by atoms with Gasteiger partial charge in [0.25, 0.3) is 5.91 Å². The molecule has 27 heavy (non-hydrogen) atoms. The highest BCUT2D eigenvalue weighted by Gasteiger charge is 2.35. The minimum atomic E-state index is -0.428. The zero-order valence-electron chi connectivity index (χ0n) is 15.1. The third-order valence-corrected chi connectivity index (χ3v) is 5.28. The first-order chi connectivity index (χ1) is 12.9. The molecule has 0 aromatic heterocycles. The smallest absolute Gasteiger partial charge is 0.251 e. The van der Waals surface area contributed by atoms with Crippen LogP contribution in [0.15, 0.2) is 46.9 Å². The molecule has 140 valence electrons. The molecule has 7 heteroatoms. The van der Waals surface area contributed by atoms with Gasteiger partial charge >= 0.3 is 0 Å². The van der Waals surface area contributed by atoms with E-state index in [4.69, 9.17) is 0 Å². The van der Waals surface area contributed by atoms with E-state index in [1.54, 1.807) is 30.1 Å². The Bertz CT molecular complexity index is 913. The van der Waals surface area contributed by atoms with Crippen LogP contribution in [0, 0.1) is 12.8 Å². The monoisotopic (exact) mass is 429 g/mol. The summed E-state index contributed by atoms with van der Waals surface area (Å²) in [5.74, 6) is -0.883. The zero-order chi connectivity index (χ0) is 19.6. The number of carbonyl (C=O) groups is 3. The number of hydrogen-bond donors (Lipinski definition) is 2. The van der Waals surface area contributed by atoms with Crippen molar-refractivity contribution in [3.8, 4) is 0 Å². The van der Waals surface area contributed by atoms with Crippen LogP contribution in [-0.4, -0.2) is 31.3 Å². The van der Waals surface area contributed by atoms with Gasteiger partial charge < -0.3 is 15.5 Å². The Kier molecular flexibility index (Phi) is 5.60. The second kappa shape index (κ2) is 7.92. The number of rotatable bonds is 4. The Labute approximate surface area is 166 Å². The fourth-order valence-corrected chi connectivity index (χ4v) is 3.61. The second-order valence-corrected chi connectivity index (χ2v) is 7.31. The Balaban J connectivity index is 1.71. The number of nitrogens with one attached hydrogen (secondary N) is 2. The average Bonchev–Trinajstić information content (AvgIpc) is 3.04. The summed E-state index contributed by atoms with van der Waals surface area (Å²) in [7, 11) is 1.57. The van der Waals surface area contributed by atoms with Gasteiger partial charge in [-0.05, 0) is 58.7 Å². The first-order valence-corrected chi connectivity index (χ1v) is 9.38. The number of para-hydroxylation sites is 1. The van der Waals surface area contributed by atoms with Crippen molar-refractivity contribution in [3.63, 3.8) is 0 Å². The van der Waals surface area contributed by atoms with Crippen molar-refractivity contribution >= 4 is 45.0 Å². The van der Waals surface area contributed by atoms with E-state index in [0.717, 1.165) is 15.7 Å². The number of anilines is 2. The second-order valence-electron chi connectivity index (χ2n) is 6.45. The van der Waals surface area contributed by atoms with Gasteiger partial charge in [0.2, 0.25) is 11.8 Å². The van der Waals surface area contributed by atoms with E-state index in [2.05, 4.69) is 26.6 Å². The molecule has 2 N–H and O–H groups in total. The summed E-state index contributed by atoms with van der Waals surface area (Å²) >= 11 is 3.45. The number of amides is 3. The van der Waals surface area contributed by atoms with Crippen LogP contribution in [0.1, 0.15) is 22.3 Å². The van der Waals surface area contributed by atoms with Crippen molar-refractivity contribution in [2.45, 2.75) is 13.3 Å². The highest BCUT2D eigenvalue weighted by molar-refractivity contribution is 9.10. The molecule has 1 saturated heterocycles. The van der Waals surface area contributed by atoms with Crippen molar-refractivity contribution in [3.05, 3.63) is 58.1 Å². The summed E-state index contributed by atoms with van der Waals surface area (Å²) in [4.78, 5) is 38.4. The third-order valence-electron chi connectivity index (χ3n) is 4.61. The summed E-state index contributed by atoms with van der Waals surface area (Å²) < 4.78 is 0.819. The van der Waals surface area contributed by atoms with Crippen molar-refractivity contribution in [1.82, 2.24) is 5.32 Å². The van der Waals surface area contributed by atoms with Crippen molar-refractivity contribution in [2.24, 2.45) is 5.92 Å². The molecule has 1 aliphatic rings. The van der Waals surface area contributed by atoms with Crippen LogP contribution in [0.4, 0.5) is 11.4 Å². The lowest BCUT2D eigenvalue weighted by Crippen LogP contribution is -2.28. The quantitative estimate of drug-likeness (QED) is 0.783. The number of benzene rings is 2. The molecule has 1 fully saturated rings. The number of halogens is 1. The van der Waals surface area contributed by atoms with Gasteiger partial charge in [0.1, 0.15) is 0 Å². The first-order valence-electron chi connectivity index (χ1n) is 8.59. The maximum atomic E-state index is 12.7. The largest absolute Gasteiger partial charge is 0.355 e. The van der Waals surface area contributed by atoms with Crippen molar-refractivity contribution < 1.29 is 14.4 Å². The van der Waals surface area contributed by atoms with Gasteiger partial charge in [0.15, 0.2) is 0 Å². The summed E-state index contributed by atoms with van der Waals surface area (Å²) in [6, 6.07) is 12.6. The predicted molar refractivity (Wildman–Crippen MR) is 108 cm³/mol. The van der Waals surface area contributed by atoms with Gasteiger partial charge in [-0.25, -0.2) is 0 Å². The van der Waals surface area contributed by atoms with Crippen LogP contribution in [-0.2, 0) is 9.59 Å². The molecule has 0 spiro atoms. The lowest BCUT2D eigenvalue weighted by atomic mass is 10.1. The fourth-order valence-electron chi connectivity index (χ4n) is 3.11. The van der Waals surface area contributed by atoms with E-state index in [1.807, 2.05) is 31.2 Å². The van der Waals surface area contributed by atoms with Crippen LogP contribution in [0.3, 0.4) is 0 Å².